The third-order valence-corrected chi connectivity index (χ3v) is 4.25. The molecule has 0 N–H and O–H groups in total. The van der Waals surface area contributed by atoms with Crippen molar-refractivity contribution < 1.29 is 4.79 Å². The van der Waals surface area contributed by atoms with E-state index in [9.17, 15) is 4.79 Å². The molecule has 0 fully saturated rings. The van der Waals surface area contributed by atoms with E-state index in [2.05, 4.69) is 23.4 Å². The van der Waals surface area contributed by atoms with Gasteiger partial charge in [0, 0.05) is 17.8 Å². The monoisotopic (exact) mass is 268 g/mol. The standard InChI is InChI=1S/C17H20N2O/c1-4-12-13-10-11(3)17(20)16(13)19(14(12)5-2)15-8-6-7-9-18-15/h6-9,11H,4-5,10H2,1-3H3. The van der Waals surface area contributed by atoms with Crippen LogP contribution in [0.4, 0.5) is 0 Å². The lowest BCUT2D eigenvalue weighted by atomic mass is 10.0. The van der Waals surface area contributed by atoms with Crippen molar-refractivity contribution in [2.45, 2.75) is 40.0 Å². The molecule has 0 bridgehead atoms. The SMILES string of the molecule is CCc1c2c(n(-c3ccccn3)c1CC)C(=O)C(C)C2. The molecule has 1 unspecified atom stereocenters. The first-order valence-electron chi connectivity index (χ1n) is 7.39. The molecule has 1 atom stereocenters. The van der Waals surface area contributed by atoms with E-state index in [1.807, 2.05) is 25.1 Å². The highest BCUT2D eigenvalue weighted by Crippen LogP contribution is 2.36. The van der Waals surface area contributed by atoms with Gasteiger partial charge in [0.25, 0.3) is 0 Å². The predicted molar refractivity (Wildman–Crippen MR) is 79.5 cm³/mol. The van der Waals surface area contributed by atoms with Crippen molar-refractivity contribution in [1.82, 2.24) is 9.55 Å². The number of Topliss-reactive ketones (excluding diaryl/α,β-unsaturated/α-hetero) is 1. The Morgan fingerprint density at radius 2 is 2.10 bits per heavy atom. The van der Waals surface area contributed by atoms with Gasteiger partial charge in [0.1, 0.15) is 5.82 Å². The maximum absolute atomic E-state index is 12.5. The molecule has 0 amide bonds. The molecule has 3 rings (SSSR count). The van der Waals surface area contributed by atoms with Gasteiger partial charge in [0.15, 0.2) is 5.78 Å². The molecule has 2 aromatic rings. The van der Waals surface area contributed by atoms with Gasteiger partial charge < -0.3 is 0 Å². The summed E-state index contributed by atoms with van der Waals surface area (Å²) in [5.74, 6) is 1.23. The molecule has 0 aliphatic heterocycles. The van der Waals surface area contributed by atoms with Crippen LogP contribution in [0.25, 0.3) is 5.82 Å². The van der Waals surface area contributed by atoms with Crippen molar-refractivity contribution in [3.8, 4) is 5.82 Å². The highest BCUT2D eigenvalue weighted by molar-refractivity contribution is 6.02. The fourth-order valence-corrected chi connectivity index (χ4v) is 3.36. The fraction of sp³-hybridized carbons (Fsp3) is 0.412. The van der Waals surface area contributed by atoms with Crippen LogP contribution in [0.15, 0.2) is 24.4 Å². The summed E-state index contributed by atoms with van der Waals surface area (Å²) in [6.07, 6.45) is 4.57. The highest BCUT2D eigenvalue weighted by atomic mass is 16.1. The van der Waals surface area contributed by atoms with Crippen LogP contribution >= 0.6 is 0 Å². The average molecular weight is 268 g/mol. The van der Waals surface area contributed by atoms with Crippen LogP contribution < -0.4 is 0 Å². The van der Waals surface area contributed by atoms with Crippen LogP contribution in [0.1, 0.15) is 48.1 Å². The van der Waals surface area contributed by atoms with Crippen molar-refractivity contribution in [2.24, 2.45) is 5.92 Å². The Labute approximate surface area is 119 Å². The van der Waals surface area contributed by atoms with Crippen LogP contribution in [-0.2, 0) is 19.3 Å². The molecule has 2 aromatic heterocycles. The van der Waals surface area contributed by atoms with Crippen LogP contribution in [0, 0.1) is 5.92 Å². The molecule has 3 heteroatoms. The van der Waals surface area contributed by atoms with Gasteiger partial charge in [-0.05, 0) is 42.5 Å². The smallest absolute Gasteiger partial charge is 0.183 e. The second-order valence-corrected chi connectivity index (χ2v) is 5.45. The molecule has 3 nitrogen and oxygen atoms in total. The third kappa shape index (κ3) is 1.73. The summed E-state index contributed by atoms with van der Waals surface area (Å²) in [5.41, 5.74) is 4.74. The van der Waals surface area contributed by atoms with Gasteiger partial charge in [0.2, 0.25) is 0 Å². The van der Waals surface area contributed by atoms with Crippen LogP contribution in [0.5, 0.6) is 0 Å². The van der Waals surface area contributed by atoms with Gasteiger partial charge in [0.05, 0.1) is 5.69 Å². The lowest BCUT2D eigenvalue weighted by Crippen LogP contribution is -2.13. The van der Waals surface area contributed by atoms with E-state index < -0.39 is 0 Å². The zero-order chi connectivity index (χ0) is 14.3. The quantitative estimate of drug-likeness (QED) is 0.855. The lowest BCUT2D eigenvalue weighted by molar-refractivity contribution is 0.0939. The summed E-state index contributed by atoms with van der Waals surface area (Å²) in [6, 6.07) is 5.86. The normalized spacial score (nSPS) is 17.6. The lowest BCUT2D eigenvalue weighted by Gasteiger charge is -2.12. The number of hydrogen-bond donors (Lipinski definition) is 0. The van der Waals surface area contributed by atoms with Gasteiger partial charge in [-0.15, -0.1) is 0 Å². The number of fused-ring (bicyclic) bond motifs is 1. The fourth-order valence-electron chi connectivity index (χ4n) is 3.36. The van der Waals surface area contributed by atoms with E-state index in [4.69, 9.17) is 0 Å². The third-order valence-electron chi connectivity index (χ3n) is 4.25. The van der Waals surface area contributed by atoms with Crippen molar-refractivity contribution >= 4 is 5.78 Å². The van der Waals surface area contributed by atoms with E-state index in [-0.39, 0.29) is 11.7 Å². The van der Waals surface area contributed by atoms with Crippen molar-refractivity contribution in [1.29, 1.82) is 0 Å². The van der Waals surface area contributed by atoms with E-state index >= 15 is 0 Å². The topological polar surface area (TPSA) is 34.9 Å². The number of pyridine rings is 1. The molecule has 0 radical (unpaired) electrons. The zero-order valence-electron chi connectivity index (χ0n) is 12.3. The molecule has 0 aromatic carbocycles. The molecule has 1 aliphatic carbocycles. The van der Waals surface area contributed by atoms with Gasteiger partial charge in [-0.2, -0.15) is 0 Å². The Morgan fingerprint density at radius 3 is 2.70 bits per heavy atom. The molecule has 0 saturated heterocycles. The maximum atomic E-state index is 12.5. The molecule has 104 valence electrons. The Morgan fingerprint density at radius 1 is 1.30 bits per heavy atom. The maximum Gasteiger partial charge on any atom is 0.183 e. The number of carbonyl (C=O) groups is 1. The average Bonchev–Trinajstić information content (AvgIpc) is 2.94. The van der Waals surface area contributed by atoms with Gasteiger partial charge >= 0.3 is 0 Å². The van der Waals surface area contributed by atoms with Crippen LogP contribution in [0.2, 0.25) is 0 Å². The van der Waals surface area contributed by atoms with E-state index in [0.29, 0.717) is 0 Å². The van der Waals surface area contributed by atoms with E-state index in [1.165, 1.54) is 16.8 Å². The Hall–Kier alpha value is -1.90. The highest BCUT2D eigenvalue weighted by Gasteiger charge is 2.35. The first-order valence-corrected chi connectivity index (χ1v) is 7.39. The van der Waals surface area contributed by atoms with Gasteiger partial charge in [-0.3, -0.25) is 9.36 Å². The van der Waals surface area contributed by atoms with E-state index in [1.54, 1.807) is 6.20 Å². The molecule has 20 heavy (non-hydrogen) atoms. The minimum Gasteiger partial charge on any atom is -0.295 e. The van der Waals surface area contributed by atoms with Gasteiger partial charge in [-0.1, -0.05) is 26.8 Å². The van der Waals surface area contributed by atoms with Crippen LogP contribution in [0.3, 0.4) is 0 Å². The molecular formula is C17H20N2O. The predicted octanol–water partition coefficient (Wildman–Crippen LogP) is 3.37. The molecule has 2 heterocycles. The first-order chi connectivity index (χ1) is 9.69. The van der Waals surface area contributed by atoms with Crippen LogP contribution in [-0.4, -0.2) is 15.3 Å². The van der Waals surface area contributed by atoms with Crippen molar-refractivity contribution in [3.63, 3.8) is 0 Å². The van der Waals surface area contributed by atoms with Crippen molar-refractivity contribution in [3.05, 3.63) is 46.9 Å². The summed E-state index contributed by atoms with van der Waals surface area (Å²) in [5, 5.41) is 0. The summed E-state index contributed by atoms with van der Waals surface area (Å²) in [4.78, 5) is 17.0. The summed E-state index contributed by atoms with van der Waals surface area (Å²) < 4.78 is 2.10. The summed E-state index contributed by atoms with van der Waals surface area (Å²) in [7, 11) is 0. The number of carbonyl (C=O) groups excluding carboxylic acids is 1. The minimum atomic E-state index is 0.103. The molecule has 0 spiro atoms. The number of aromatic nitrogens is 2. The minimum absolute atomic E-state index is 0.103. The zero-order valence-corrected chi connectivity index (χ0v) is 12.3. The van der Waals surface area contributed by atoms with Crippen molar-refractivity contribution in [2.75, 3.05) is 0 Å². The molecule has 1 aliphatic rings. The second kappa shape index (κ2) is 4.89. The number of hydrogen-bond acceptors (Lipinski definition) is 2. The summed E-state index contributed by atoms with van der Waals surface area (Å²) in [6.45, 7) is 6.35. The number of nitrogens with zero attached hydrogens (tertiary/aromatic N) is 2. The second-order valence-electron chi connectivity index (χ2n) is 5.45. The van der Waals surface area contributed by atoms with Gasteiger partial charge in [-0.25, -0.2) is 4.98 Å². The summed E-state index contributed by atoms with van der Waals surface area (Å²) >= 11 is 0. The Kier molecular flexibility index (Phi) is 3.20. The largest absolute Gasteiger partial charge is 0.295 e. The first kappa shape index (κ1) is 13.1. The van der Waals surface area contributed by atoms with E-state index in [0.717, 1.165) is 30.8 Å². The number of ketones is 1. The molecular weight excluding hydrogens is 248 g/mol. The number of rotatable bonds is 3. The Bertz CT molecular complexity index is 655. The Balaban J connectivity index is 2.31. The molecule has 0 saturated carbocycles.